The Hall–Kier alpha value is -1.97. The average molecular weight is 466 g/mol. The predicted molar refractivity (Wildman–Crippen MR) is 102 cm³/mol. The zero-order chi connectivity index (χ0) is 22.1. The van der Waals surface area contributed by atoms with Gasteiger partial charge in [0, 0.05) is 18.0 Å². The second-order valence-electron chi connectivity index (χ2n) is 7.09. The van der Waals surface area contributed by atoms with Gasteiger partial charge in [0.15, 0.2) is 5.69 Å². The molecule has 1 aliphatic carbocycles. The highest BCUT2D eigenvalue weighted by Crippen LogP contribution is 2.41. The lowest BCUT2D eigenvalue weighted by molar-refractivity contribution is -0.141. The van der Waals surface area contributed by atoms with E-state index < -0.39 is 46.2 Å². The van der Waals surface area contributed by atoms with Crippen LogP contribution in [0.1, 0.15) is 53.3 Å². The highest BCUT2D eigenvalue weighted by Gasteiger charge is 2.44. The summed E-state index contributed by atoms with van der Waals surface area (Å²) in [6.07, 6.45) is -3.55. The van der Waals surface area contributed by atoms with Gasteiger partial charge < -0.3 is 10.4 Å². The molecule has 2 N–H and O–H groups in total. The van der Waals surface area contributed by atoms with Gasteiger partial charge >= 0.3 is 6.18 Å². The van der Waals surface area contributed by atoms with Gasteiger partial charge in [-0.2, -0.15) is 13.2 Å². The standard InChI is InChI=1S/C19H17Cl2F4N3O2/c20-13-11(5-9-26-15(13)19(23,24)25)17(29)28-14(12-2-1-8-27-16(12)21)18(30)6-3-10(22)4-7-18/h1-2,5,8-10,14,30H,3-4,6-7H2,(H,28,29)/t10-,14?,18-. The Morgan fingerprint density at radius 2 is 1.87 bits per heavy atom. The van der Waals surface area contributed by atoms with Gasteiger partial charge in [0.05, 0.1) is 22.2 Å². The van der Waals surface area contributed by atoms with Crippen molar-refractivity contribution < 1.29 is 27.5 Å². The molecule has 1 atom stereocenters. The van der Waals surface area contributed by atoms with Crippen molar-refractivity contribution >= 4 is 29.1 Å². The van der Waals surface area contributed by atoms with Crippen molar-refractivity contribution in [3.8, 4) is 0 Å². The number of amides is 1. The van der Waals surface area contributed by atoms with Gasteiger partial charge in [-0.1, -0.05) is 29.3 Å². The molecule has 1 saturated carbocycles. The van der Waals surface area contributed by atoms with Crippen LogP contribution in [0.2, 0.25) is 10.2 Å². The molecular weight excluding hydrogens is 449 g/mol. The quantitative estimate of drug-likeness (QED) is 0.496. The molecule has 0 aliphatic heterocycles. The highest BCUT2D eigenvalue weighted by atomic mass is 35.5. The fourth-order valence-electron chi connectivity index (χ4n) is 3.51. The molecule has 3 rings (SSSR count). The van der Waals surface area contributed by atoms with Crippen molar-refractivity contribution in [1.82, 2.24) is 15.3 Å². The molecular formula is C19H17Cl2F4N3O2. The SMILES string of the molecule is O=C(NC(c1cccnc1Cl)[C@]1(O)CC[C@H](F)CC1)c1ccnc(C(F)(F)F)c1Cl. The van der Waals surface area contributed by atoms with Crippen molar-refractivity contribution in [1.29, 1.82) is 0 Å². The Morgan fingerprint density at radius 3 is 2.47 bits per heavy atom. The zero-order valence-electron chi connectivity index (χ0n) is 15.4. The lowest BCUT2D eigenvalue weighted by Crippen LogP contribution is -2.48. The Labute approximate surface area is 179 Å². The summed E-state index contributed by atoms with van der Waals surface area (Å²) in [6.45, 7) is 0. The Kier molecular flexibility index (Phi) is 6.54. The Morgan fingerprint density at radius 1 is 1.20 bits per heavy atom. The van der Waals surface area contributed by atoms with E-state index in [1.807, 2.05) is 0 Å². The lowest BCUT2D eigenvalue weighted by atomic mass is 9.76. The normalized spacial score (nSPS) is 23.1. The van der Waals surface area contributed by atoms with Crippen LogP contribution in [0, 0.1) is 0 Å². The molecule has 0 aromatic carbocycles. The number of pyridine rings is 2. The number of rotatable bonds is 4. The van der Waals surface area contributed by atoms with E-state index in [1.54, 1.807) is 0 Å². The van der Waals surface area contributed by atoms with Crippen LogP contribution in [0.3, 0.4) is 0 Å². The van der Waals surface area contributed by atoms with E-state index >= 15 is 0 Å². The van der Waals surface area contributed by atoms with Gasteiger partial charge in [0.1, 0.15) is 11.3 Å². The number of nitrogens with one attached hydrogen (secondary N) is 1. The molecule has 2 aromatic rings. The molecule has 0 radical (unpaired) electrons. The first-order chi connectivity index (χ1) is 14.0. The van der Waals surface area contributed by atoms with Crippen LogP contribution in [-0.4, -0.2) is 32.8 Å². The summed E-state index contributed by atoms with van der Waals surface area (Å²) in [5.41, 5.74) is -3.18. The first-order valence-electron chi connectivity index (χ1n) is 9.02. The van der Waals surface area contributed by atoms with Crippen LogP contribution < -0.4 is 5.32 Å². The van der Waals surface area contributed by atoms with E-state index in [9.17, 15) is 27.5 Å². The third-order valence-electron chi connectivity index (χ3n) is 5.10. The topological polar surface area (TPSA) is 75.1 Å². The molecule has 2 heterocycles. The molecule has 1 amide bonds. The summed E-state index contributed by atoms with van der Waals surface area (Å²) < 4.78 is 52.9. The van der Waals surface area contributed by atoms with Crippen LogP contribution >= 0.6 is 23.2 Å². The summed E-state index contributed by atoms with van der Waals surface area (Å²) in [7, 11) is 0. The van der Waals surface area contributed by atoms with Crippen molar-refractivity contribution in [3.05, 3.63) is 57.6 Å². The summed E-state index contributed by atoms with van der Waals surface area (Å²) in [5.74, 6) is -0.964. The summed E-state index contributed by atoms with van der Waals surface area (Å²) in [5, 5.41) is 12.8. The minimum absolute atomic E-state index is 0.00426. The van der Waals surface area contributed by atoms with Gasteiger partial charge in [-0.3, -0.25) is 9.78 Å². The van der Waals surface area contributed by atoms with Gasteiger partial charge in [-0.05, 0) is 37.8 Å². The molecule has 30 heavy (non-hydrogen) atoms. The predicted octanol–water partition coefficient (Wildman–Crippen LogP) is 4.92. The minimum atomic E-state index is -4.85. The molecule has 1 unspecified atom stereocenters. The number of alkyl halides is 4. The smallest absolute Gasteiger partial charge is 0.387 e. The molecule has 0 saturated heterocycles. The van der Waals surface area contributed by atoms with Gasteiger partial charge in [-0.15, -0.1) is 0 Å². The van der Waals surface area contributed by atoms with Crippen molar-refractivity contribution in [2.24, 2.45) is 0 Å². The van der Waals surface area contributed by atoms with E-state index in [-0.39, 0.29) is 36.4 Å². The third-order valence-corrected chi connectivity index (χ3v) is 5.79. The van der Waals surface area contributed by atoms with Gasteiger partial charge in [0.25, 0.3) is 5.91 Å². The second kappa shape index (κ2) is 8.64. The van der Waals surface area contributed by atoms with Crippen molar-refractivity contribution in [2.45, 2.75) is 49.7 Å². The molecule has 0 spiro atoms. The van der Waals surface area contributed by atoms with Gasteiger partial charge in [-0.25, -0.2) is 9.37 Å². The number of hydrogen-bond acceptors (Lipinski definition) is 4. The zero-order valence-corrected chi connectivity index (χ0v) is 16.9. The van der Waals surface area contributed by atoms with Crippen LogP contribution in [0.25, 0.3) is 0 Å². The number of hydrogen-bond donors (Lipinski definition) is 2. The summed E-state index contributed by atoms with van der Waals surface area (Å²) in [6, 6.07) is 2.95. The van der Waals surface area contributed by atoms with Crippen LogP contribution in [0.4, 0.5) is 17.6 Å². The molecule has 1 fully saturated rings. The average Bonchev–Trinajstić information content (AvgIpc) is 2.68. The molecule has 162 valence electrons. The number of carbonyl (C=O) groups is 1. The van der Waals surface area contributed by atoms with Crippen LogP contribution in [0.5, 0.6) is 0 Å². The number of nitrogens with zero attached hydrogens (tertiary/aromatic N) is 2. The molecule has 0 bridgehead atoms. The fourth-order valence-corrected chi connectivity index (χ4v) is 4.05. The number of aromatic nitrogens is 2. The number of halogens is 6. The summed E-state index contributed by atoms with van der Waals surface area (Å²) in [4.78, 5) is 20.0. The Balaban J connectivity index is 1.98. The van der Waals surface area contributed by atoms with Crippen molar-refractivity contribution in [3.63, 3.8) is 0 Å². The van der Waals surface area contributed by atoms with Gasteiger partial charge in [0.2, 0.25) is 0 Å². The largest absolute Gasteiger partial charge is 0.434 e. The van der Waals surface area contributed by atoms with E-state index in [1.165, 1.54) is 18.3 Å². The molecule has 1 aliphatic rings. The number of carbonyl (C=O) groups excluding carboxylic acids is 1. The van der Waals surface area contributed by atoms with Crippen molar-refractivity contribution in [2.75, 3.05) is 0 Å². The highest BCUT2D eigenvalue weighted by molar-refractivity contribution is 6.34. The second-order valence-corrected chi connectivity index (χ2v) is 7.82. The maximum Gasteiger partial charge on any atom is 0.434 e. The summed E-state index contributed by atoms with van der Waals surface area (Å²) >= 11 is 11.9. The Bertz CT molecular complexity index is 934. The maximum absolute atomic E-state index is 13.6. The van der Waals surface area contributed by atoms with E-state index in [2.05, 4.69) is 15.3 Å². The van der Waals surface area contributed by atoms with Crippen LogP contribution in [0.15, 0.2) is 30.6 Å². The van der Waals surface area contributed by atoms with E-state index in [0.717, 1.165) is 12.3 Å². The first kappa shape index (κ1) is 22.7. The monoisotopic (exact) mass is 465 g/mol. The fraction of sp³-hybridized carbons (Fsp3) is 0.421. The third kappa shape index (κ3) is 4.68. The van der Waals surface area contributed by atoms with E-state index in [4.69, 9.17) is 23.2 Å². The van der Waals surface area contributed by atoms with E-state index in [0.29, 0.717) is 0 Å². The maximum atomic E-state index is 13.6. The lowest BCUT2D eigenvalue weighted by Gasteiger charge is -2.40. The first-order valence-corrected chi connectivity index (χ1v) is 9.78. The molecule has 5 nitrogen and oxygen atoms in total. The number of aliphatic hydroxyl groups is 1. The van der Waals surface area contributed by atoms with Crippen LogP contribution in [-0.2, 0) is 6.18 Å². The molecule has 2 aromatic heterocycles. The minimum Gasteiger partial charge on any atom is -0.387 e. The molecule has 11 heteroatoms.